The standard InChI is InChI=1S/C15H11FO5.2Na/c16-15(13(17)18,14(19)20)21-12-8-4-7-11(9-12)10-5-2-1-3-6-10;;/h1-9H,(H,17,18)(H,19,20);;/q;2*+1/p-2. The molecule has 2 aromatic carbocycles. The van der Waals surface area contributed by atoms with Gasteiger partial charge >= 0.3 is 65.0 Å². The zero-order chi connectivity index (χ0) is 15.5. The fourth-order valence-electron chi connectivity index (χ4n) is 1.70. The molecule has 2 aromatic rings. The Kier molecular flexibility index (Phi) is 9.05. The summed E-state index contributed by atoms with van der Waals surface area (Å²) in [7, 11) is 0. The van der Waals surface area contributed by atoms with Gasteiger partial charge in [0.2, 0.25) is 0 Å². The third-order valence-corrected chi connectivity index (χ3v) is 2.72. The van der Waals surface area contributed by atoms with Crippen LogP contribution in [0.2, 0.25) is 0 Å². The van der Waals surface area contributed by atoms with E-state index in [0.717, 1.165) is 5.56 Å². The average Bonchev–Trinajstić information content (AvgIpc) is 2.48. The van der Waals surface area contributed by atoms with Crippen molar-refractivity contribution < 1.29 is 88.0 Å². The Morgan fingerprint density at radius 2 is 1.39 bits per heavy atom. The van der Waals surface area contributed by atoms with Gasteiger partial charge in [-0.25, -0.2) is 0 Å². The number of carbonyl (C=O) groups is 2. The van der Waals surface area contributed by atoms with E-state index in [1.54, 1.807) is 30.3 Å². The van der Waals surface area contributed by atoms with Crippen molar-refractivity contribution in [3.63, 3.8) is 0 Å². The molecular weight excluding hydrogens is 325 g/mol. The fourth-order valence-corrected chi connectivity index (χ4v) is 1.70. The van der Waals surface area contributed by atoms with Crippen molar-refractivity contribution in [3.05, 3.63) is 54.6 Å². The summed E-state index contributed by atoms with van der Waals surface area (Å²) in [6, 6.07) is 14.6. The summed E-state index contributed by atoms with van der Waals surface area (Å²) in [4.78, 5) is 21.2. The SMILES string of the molecule is O=C([O-])C(F)(Oc1cccc(-c2ccccc2)c1)C(=O)[O-].[Na+].[Na+]. The van der Waals surface area contributed by atoms with Crippen LogP contribution < -0.4 is 74.1 Å². The van der Waals surface area contributed by atoms with E-state index in [0.29, 0.717) is 5.56 Å². The van der Waals surface area contributed by atoms with Crippen LogP contribution in [0.25, 0.3) is 11.1 Å². The van der Waals surface area contributed by atoms with Gasteiger partial charge in [0.05, 0.1) is 0 Å². The van der Waals surface area contributed by atoms with Gasteiger partial charge in [0.1, 0.15) is 17.7 Å². The molecule has 0 aliphatic heterocycles. The molecule has 0 aromatic heterocycles. The molecule has 0 bridgehead atoms. The molecule has 0 heterocycles. The van der Waals surface area contributed by atoms with E-state index < -0.39 is 17.8 Å². The molecule has 0 saturated carbocycles. The number of hydrogen-bond donors (Lipinski definition) is 0. The Bertz CT molecular complexity index is 665. The summed E-state index contributed by atoms with van der Waals surface area (Å²) < 4.78 is 18.1. The van der Waals surface area contributed by atoms with Crippen LogP contribution in [0.15, 0.2) is 54.6 Å². The summed E-state index contributed by atoms with van der Waals surface area (Å²) in [5.74, 6) is -9.39. The van der Waals surface area contributed by atoms with Gasteiger partial charge in [-0.05, 0) is 23.3 Å². The minimum atomic E-state index is -4.05. The summed E-state index contributed by atoms with van der Waals surface area (Å²) in [6.07, 6.45) is 0. The molecule has 0 fully saturated rings. The first-order valence-corrected chi connectivity index (χ1v) is 5.90. The molecule has 108 valence electrons. The molecule has 0 spiro atoms. The molecule has 0 aliphatic carbocycles. The molecule has 0 N–H and O–H groups in total. The topological polar surface area (TPSA) is 89.5 Å². The van der Waals surface area contributed by atoms with Gasteiger partial charge in [-0.2, -0.15) is 4.39 Å². The Morgan fingerprint density at radius 3 is 1.91 bits per heavy atom. The van der Waals surface area contributed by atoms with Crippen LogP contribution in [0, 0.1) is 0 Å². The van der Waals surface area contributed by atoms with Crippen LogP contribution in [0.3, 0.4) is 0 Å². The van der Waals surface area contributed by atoms with E-state index in [1.165, 1.54) is 18.2 Å². The largest absolute Gasteiger partial charge is 1.00 e. The van der Waals surface area contributed by atoms with E-state index in [1.807, 2.05) is 6.07 Å². The third-order valence-electron chi connectivity index (χ3n) is 2.72. The first-order chi connectivity index (χ1) is 9.93. The summed E-state index contributed by atoms with van der Waals surface area (Å²) in [6.45, 7) is 0. The number of carbonyl (C=O) groups excluding carboxylic acids is 2. The first kappa shape index (κ1) is 22.1. The van der Waals surface area contributed by atoms with E-state index in [9.17, 15) is 24.2 Å². The summed E-state index contributed by atoms with van der Waals surface area (Å²) >= 11 is 0. The van der Waals surface area contributed by atoms with Crippen LogP contribution in [-0.2, 0) is 9.59 Å². The van der Waals surface area contributed by atoms with Gasteiger partial charge in [-0.15, -0.1) is 0 Å². The number of carboxylic acid groups (broad SMARTS) is 2. The zero-order valence-electron chi connectivity index (χ0n) is 12.6. The van der Waals surface area contributed by atoms with Crippen molar-refractivity contribution in [2.75, 3.05) is 0 Å². The van der Waals surface area contributed by atoms with Gasteiger partial charge in [0.25, 0.3) is 0 Å². The van der Waals surface area contributed by atoms with Gasteiger partial charge < -0.3 is 24.5 Å². The Balaban J connectivity index is 0.00000242. The van der Waals surface area contributed by atoms with E-state index in [4.69, 9.17) is 0 Å². The maximum atomic E-state index is 13.7. The summed E-state index contributed by atoms with van der Waals surface area (Å²) in [5.41, 5.74) is 1.38. The maximum Gasteiger partial charge on any atom is 1.00 e. The number of ether oxygens (including phenoxy) is 1. The monoisotopic (exact) mass is 334 g/mol. The second-order valence-electron chi connectivity index (χ2n) is 4.17. The molecule has 0 saturated heterocycles. The minimum Gasteiger partial charge on any atom is -0.543 e. The molecule has 5 nitrogen and oxygen atoms in total. The van der Waals surface area contributed by atoms with E-state index >= 15 is 0 Å². The quantitative estimate of drug-likeness (QED) is 0.401. The van der Waals surface area contributed by atoms with Crippen LogP contribution in [0.4, 0.5) is 4.39 Å². The number of aliphatic carboxylic acids is 2. The molecular formula is C15H9FNa2O5. The number of alkyl halides is 1. The molecule has 8 heteroatoms. The smallest absolute Gasteiger partial charge is 0.543 e. The van der Waals surface area contributed by atoms with Gasteiger partial charge in [-0.1, -0.05) is 42.5 Å². The second-order valence-corrected chi connectivity index (χ2v) is 4.17. The predicted octanol–water partition coefficient (Wildman–Crippen LogP) is -6.09. The Hall–Kier alpha value is -0.890. The Morgan fingerprint density at radius 1 is 0.870 bits per heavy atom. The molecule has 2 rings (SSSR count). The predicted molar refractivity (Wildman–Crippen MR) is 66.4 cm³/mol. The van der Waals surface area contributed by atoms with Gasteiger partial charge in [0, 0.05) is 0 Å². The van der Waals surface area contributed by atoms with Crippen LogP contribution >= 0.6 is 0 Å². The molecule has 0 aliphatic rings. The van der Waals surface area contributed by atoms with Crippen molar-refractivity contribution in [2.45, 2.75) is 5.85 Å². The molecule has 0 atom stereocenters. The molecule has 0 amide bonds. The van der Waals surface area contributed by atoms with Gasteiger partial charge in [-0.3, -0.25) is 0 Å². The number of halogens is 1. The zero-order valence-corrected chi connectivity index (χ0v) is 16.6. The second kappa shape index (κ2) is 9.42. The number of carboxylic acids is 2. The Labute approximate surface area is 176 Å². The van der Waals surface area contributed by atoms with Crippen molar-refractivity contribution in [2.24, 2.45) is 0 Å². The van der Waals surface area contributed by atoms with Crippen LogP contribution in [0.5, 0.6) is 5.75 Å². The van der Waals surface area contributed by atoms with E-state index in [2.05, 4.69) is 4.74 Å². The van der Waals surface area contributed by atoms with E-state index in [-0.39, 0.29) is 64.9 Å². The number of hydrogen-bond acceptors (Lipinski definition) is 5. The fraction of sp³-hybridized carbons (Fsp3) is 0.0667. The van der Waals surface area contributed by atoms with Crippen molar-refractivity contribution >= 4 is 11.9 Å². The summed E-state index contributed by atoms with van der Waals surface area (Å²) in [5, 5.41) is 21.2. The van der Waals surface area contributed by atoms with Crippen molar-refractivity contribution in [1.29, 1.82) is 0 Å². The maximum absolute atomic E-state index is 13.7. The van der Waals surface area contributed by atoms with Crippen LogP contribution in [-0.4, -0.2) is 17.8 Å². The minimum absolute atomic E-state index is 0. The van der Waals surface area contributed by atoms with Crippen LogP contribution in [0.1, 0.15) is 0 Å². The normalized spacial score (nSPS) is 9.96. The number of benzene rings is 2. The van der Waals surface area contributed by atoms with Crippen molar-refractivity contribution in [3.8, 4) is 16.9 Å². The molecule has 0 radical (unpaired) electrons. The average molecular weight is 334 g/mol. The molecule has 23 heavy (non-hydrogen) atoms. The molecule has 0 unspecified atom stereocenters. The van der Waals surface area contributed by atoms with Crippen molar-refractivity contribution in [1.82, 2.24) is 0 Å². The number of rotatable bonds is 5. The van der Waals surface area contributed by atoms with Gasteiger partial charge in [0.15, 0.2) is 0 Å². The first-order valence-electron chi connectivity index (χ1n) is 5.90. The third kappa shape index (κ3) is 5.31.